The van der Waals surface area contributed by atoms with Gasteiger partial charge < -0.3 is 24.7 Å². The summed E-state index contributed by atoms with van der Waals surface area (Å²) in [5.74, 6) is 0.477. The Labute approximate surface area is 185 Å². The molecule has 4 aromatic rings. The van der Waals surface area contributed by atoms with Crippen molar-refractivity contribution in [2.45, 2.75) is 31.9 Å². The van der Waals surface area contributed by atoms with Crippen LogP contribution in [0.4, 0.5) is 0 Å². The molecule has 0 saturated heterocycles. The first-order valence-corrected chi connectivity index (χ1v) is 10.3. The first-order valence-electron chi connectivity index (χ1n) is 10.3. The summed E-state index contributed by atoms with van der Waals surface area (Å²) in [6.07, 6.45) is 4.34. The van der Waals surface area contributed by atoms with E-state index < -0.39 is 11.8 Å². The molecule has 33 heavy (non-hydrogen) atoms. The zero-order valence-electron chi connectivity index (χ0n) is 17.8. The van der Waals surface area contributed by atoms with Crippen LogP contribution in [0.3, 0.4) is 0 Å². The molecule has 1 aliphatic rings. The minimum absolute atomic E-state index is 0.0203. The Morgan fingerprint density at radius 1 is 1.27 bits per heavy atom. The molecule has 0 amide bonds. The van der Waals surface area contributed by atoms with E-state index in [1.807, 2.05) is 0 Å². The topological polar surface area (TPSA) is 163 Å². The Bertz CT molecular complexity index is 1510. The first kappa shape index (κ1) is 20.7. The Hall–Kier alpha value is -4.19. The smallest absolute Gasteiger partial charge is 0.327 e. The van der Waals surface area contributed by atoms with Gasteiger partial charge in [0, 0.05) is 5.22 Å². The van der Waals surface area contributed by atoms with Crippen molar-refractivity contribution in [3.8, 4) is 23.4 Å². The number of aromatic hydroxyl groups is 1. The maximum atomic E-state index is 11.5. The van der Waals surface area contributed by atoms with Gasteiger partial charge in [0.25, 0.3) is 5.62 Å². The maximum Gasteiger partial charge on any atom is 0.327 e. The maximum absolute atomic E-state index is 11.5. The monoisotopic (exact) mass is 451 g/mol. The summed E-state index contributed by atoms with van der Waals surface area (Å²) < 4.78 is 12.8. The Morgan fingerprint density at radius 2 is 2.09 bits per heavy atom. The quantitative estimate of drug-likeness (QED) is 0.325. The number of aliphatic hydroxyl groups is 1. The number of aromatic nitrogens is 6. The van der Waals surface area contributed by atoms with Crippen LogP contribution >= 0.6 is 0 Å². The van der Waals surface area contributed by atoms with Gasteiger partial charge in [-0.1, -0.05) is 6.07 Å². The molecule has 0 bridgehead atoms. The number of benzene rings is 1. The number of ether oxygens (including phenoxy) is 2. The number of H-pyrrole nitrogens is 2. The molecule has 0 aliphatic heterocycles. The molecule has 3 aromatic heterocycles. The van der Waals surface area contributed by atoms with Gasteiger partial charge in [-0.15, -0.1) is 0 Å². The average molecular weight is 451 g/mol. The van der Waals surface area contributed by atoms with E-state index in [-0.39, 0.29) is 23.6 Å². The van der Waals surface area contributed by atoms with Crippen molar-refractivity contribution in [2.24, 2.45) is 4.99 Å². The van der Waals surface area contributed by atoms with Gasteiger partial charge in [0.15, 0.2) is 17.1 Å². The van der Waals surface area contributed by atoms with Gasteiger partial charge >= 0.3 is 11.7 Å². The molecule has 4 N–H and O–H groups in total. The lowest BCUT2D eigenvalue weighted by molar-refractivity contribution is 0.198. The first-order chi connectivity index (χ1) is 15.9. The molecule has 12 heteroatoms. The van der Waals surface area contributed by atoms with Gasteiger partial charge in [-0.05, 0) is 43.5 Å². The van der Waals surface area contributed by atoms with Crippen LogP contribution in [0.5, 0.6) is 23.4 Å². The fourth-order valence-corrected chi connectivity index (χ4v) is 3.23. The number of methoxy groups -OCH3 is 1. The number of nitrogens with one attached hydrogen (secondary N) is 2. The van der Waals surface area contributed by atoms with Crippen molar-refractivity contribution in [3.05, 3.63) is 57.0 Å². The molecule has 5 rings (SSSR count). The van der Waals surface area contributed by atoms with Gasteiger partial charge in [-0.25, -0.2) is 9.79 Å². The molecule has 1 fully saturated rings. The van der Waals surface area contributed by atoms with Gasteiger partial charge in [0.1, 0.15) is 5.69 Å². The van der Waals surface area contributed by atoms with E-state index in [0.717, 1.165) is 12.8 Å². The number of nitrogens with zero attached hydrogens (tertiary/aromatic N) is 5. The molecule has 12 nitrogen and oxygen atoms in total. The Kier molecular flexibility index (Phi) is 5.05. The molecule has 1 aromatic carbocycles. The predicted molar refractivity (Wildman–Crippen MR) is 115 cm³/mol. The Morgan fingerprint density at radius 3 is 2.76 bits per heavy atom. The lowest BCUT2D eigenvalue weighted by Crippen LogP contribution is -2.23. The second-order valence-corrected chi connectivity index (χ2v) is 7.68. The standard InChI is InChI=1S/C21H21N7O5/c1-10(29)11-3-6-15(16(8-11)32-2)33-21-25-17-12(7-14-18(30)26-20(31)24-14)9-22-28(17)19(27-21)23-13-4-5-13/h3,6-10,13,29-30H,4-5H2,1-2H3,(H2,24,26,31)/b12-7-,23-19?. The van der Waals surface area contributed by atoms with Crippen LogP contribution in [0.25, 0.3) is 11.7 Å². The summed E-state index contributed by atoms with van der Waals surface area (Å²) in [4.78, 5) is 29.7. The second-order valence-electron chi connectivity index (χ2n) is 7.68. The molecule has 0 radical (unpaired) electrons. The SMILES string of the molecule is COc1cc(C(C)O)ccc1Oc1nc(=NC2CC2)n2nc/c(=C/c3[nH]c(=O)[nH]c3O)c2n1. The lowest BCUT2D eigenvalue weighted by Gasteiger charge is -2.12. The predicted octanol–water partition coefficient (Wildman–Crippen LogP) is 0.311. The van der Waals surface area contributed by atoms with Crippen LogP contribution in [0, 0.1) is 0 Å². The number of aromatic amines is 2. The summed E-state index contributed by atoms with van der Waals surface area (Å²) in [5, 5.41) is 24.6. The van der Waals surface area contributed by atoms with Crippen LogP contribution in [-0.4, -0.2) is 52.9 Å². The molecule has 1 saturated carbocycles. The van der Waals surface area contributed by atoms with Crippen LogP contribution in [0.15, 0.2) is 34.2 Å². The average Bonchev–Trinajstić information content (AvgIpc) is 3.42. The van der Waals surface area contributed by atoms with Crippen LogP contribution < -0.4 is 26.0 Å². The molecule has 1 unspecified atom stereocenters. The molecule has 1 atom stereocenters. The number of imidazole rings is 1. The summed E-state index contributed by atoms with van der Waals surface area (Å²) in [7, 11) is 1.50. The highest BCUT2D eigenvalue weighted by molar-refractivity contribution is 5.56. The largest absolute Gasteiger partial charge is 0.493 e. The van der Waals surface area contributed by atoms with E-state index in [0.29, 0.717) is 33.5 Å². The summed E-state index contributed by atoms with van der Waals surface area (Å²) >= 11 is 0. The second kappa shape index (κ2) is 8.06. The van der Waals surface area contributed by atoms with Gasteiger partial charge in [0.05, 0.1) is 25.5 Å². The molecule has 0 spiro atoms. The van der Waals surface area contributed by atoms with E-state index in [1.54, 1.807) is 25.1 Å². The van der Waals surface area contributed by atoms with E-state index in [4.69, 9.17) is 9.47 Å². The third-order valence-electron chi connectivity index (χ3n) is 5.11. The van der Waals surface area contributed by atoms with Crippen molar-refractivity contribution in [1.82, 2.24) is 29.5 Å². The third kappa shape index (κ3) is 4.15. The highest BCUT2D eigenvalue weighted by Gasteiger charge is 2.21. The minimum Gasteiger partial charge on any atom is -0.493 e. The molecular formula is C21H21N7O5. The normalized spacial score (nSPS) is 15.8. The molecular weight excluding hydrogens is 430 g/mol. The van der Waals surface area contributed by atoms with Crippen molar-refractivity contribution >= 4 is 11.7 Å². The summed E-state index contributed by atoms with van der Waals surface area (Å²) in [6.45, 7) is 1.66. The van der Waals surface area contributed by atoms with E-state index in [1.165, 1.54) is 23.9 Å². The van der Waals surface area contributed by atoms with Gasteiger partial charge in [-0.2, -0.15) is 19.6 Å². The zero-order chi connectivity index (χ0) is 23.1. The van der Waals surface area contributed by atoms with Crippen molar-refractivity contribution in [2.75, 3.05) is 7.11 Å². The van der Waals surface area contributed by atoms with Gasteiger partial charge in [0.2, 0.25) is 5.88 Å². The van der Waals surface area contributed by atoms with E-state index >= 15 is 0 Å². The number of hydrogen-bond donors (Lipinski definition) is 4. The zero-order valence-corrected chi connectivity index (χ0v) is 17.8. The van der Waals surface area contributed by atoms with Crippen molar-refractivity contribution in [1.29, 1.82) is 0 Å². The third-order valence-corrected chi connectivity index (χ3v) is 5.11. The summed E-state index contributed by atoms with van der Waals surface area (Å²) in [5.41, 5.74) is 1.02. The van der Waals surface area contributed by atoms with E-state index in [2.05, 4.69) is 30.0 Å². The number of hydrogen-bond acceptors (Lipinski definition) is 9. The lowest BCUT2D eigenvalue weighted by atomic mass is 10.1. The van der Waals surface area contributed by atoms with Gasteiger partial charge in [-0.3, -0.25) is 4.98 Å². The highest BCUT2D eigenvalue weighted by atomic mass is 16.5. The van der Waals surface area contributed by atoms with E-state index in [9.17, 15) is 15.0 Å². The number of fused-ring (bicyclic) bond motifs is 1. The summed E-state index contributed by atoms with van der Waals surface area (Å²) in [6, 6.07) is 5.25. The fraction of sp³-hybridized carbons (Fsp3) is 0.286. The highest BCUT2D eigenvalue weighted by Crippen LogP contribution is 2.32. The molecule has 1 aliphatic carbocycles. The van der Waals surface area contributed by atoms with Crippen LogP contribution in [-0.2, 0) is 0 Å². The fourth-order valence-electron chi connectivity index (χ4n) is 3.23. The Balaban J connectivity index is 1.64. The van der Waals surface area contributed by atoms with Crippen molar-refractivity contribution in [3.63, 3.8) is 0 Å². The van der Waals surface area contributed by atoms with Crippen LogP contribution in [0.1, 0.15) is 37.1 Å². The number of aliphatic hydroxyl groups excluding tert-OH is 1. The van der Waals surface area contributed by atoms with Crippen molar-refractivity contribution < 1.29 is 19.7 Å². The number of rotatable bonds is 6. The van der Waals surface area contributed by atoms with Crippen LogP contribution in [0.2, 0.25) is 0 Å². The molecule has 3 heterocycles. The molecule has 170 valence electrons. The minimum atomic E-state index is -0.661.